The van der Waals surface area contributed by atoms with Crippen LogP contribution >= 0.6 is 11.6 Å². The van der Waals surface area contributed by atoms with Crippen molar-refractivity contribution in [3.05, 3.63) is 76.4 Å². The summed E-state index contributed by atoms with van der Waals surface area (Å²) >= 11 is 6.00. The molecule has 1 fully saturated rings. The first kappa shape index (κ1) is 21.2. The monoisotopic (exact) mass is 440 g/mol. The van der Waals surface area contributed by atoms with Crippen LogP contribution in [0.4, 0.5) is 4.39 Å². The zero-order valence-electron chi connectivity index (χ0n) is 17.1. The highest BCUT2D eigenvalue weighted by Gasteiger charge is 2.21. The van der Waals surface area contributed by atoms with Crippen molar-refractivity contribution in [2.45, 2.75) is 13.5 Å². The smallest absolute Gasteiger partial charge is 0.246 e. The molecule has 0 bridgehead atoms. The maximum absolute atomic E-state index is 13.8. The Hall–Kier alpha value is -3.03. The predicted molar refractivity (Wildman–Crippen MR) is 117 cm³/mol. The third-order valence-electron chi connectivity index (χ3n) is 5.21. The summed E-state index contributed by atoms with van der Waals surface area (Å²) < 4.78 is 19.2. The lowest BCUT2D eigenvalue weighted by atomic mass is 10.1. The van der Waals surface area contributed by atoms with Gasteiger partial charge in [-0.1, -0.05) is 52.7 Å². The Kier molecular flexibility index (Phi) is 6.44. The van der Waals surface area contributed by atoms with Crippen molar-refractivity contribution >= 4 is 23.6 Å². The van der Waals surface area contributed by atoms with E-state index in [4.69, 9.17) is 16.1 Å². The number of halogens is 2. The number of hydrogen-bond donors (Lipinski definition) is 0. The fourth-order valence-corrected chi connectivity index (χ4v) is 3.61. The Morgan fingerprint density at radius 3 is 2.61 bits per heavy atom. The summed E-state index contributed by atoms with van der Waals surface area (Å²) in [7, 11) is 0. The zero-order chi connectivity index (χ0) is 21.8. The Balaban J connectivity index is 1.30. The van der Waals surface area contributed by atoms with E-state index in [1.165, 1.54) is 29.8 Å². The van der Waals surface area contributed by atoms with E-state index in [0.717, 1.165) is 5.56 Å². The van der Waals surface area contributed by atoms with Crippen molar-refractivity contribution in [2.24, 2.45) is 0 Å². The van der Waals surface area contributed by atoms with Gasteiger partial charge in [0.1, 0.15) is 5.82 Å². The molecule has 1 aliphatic rings. The van der Waals surface area contributed by atoms with Gasteiger partial charge in [-0.25, -0.2) is 4.39 Å². The van der Waals surface area contributed by atoms with E-state index in [1.54, 1.807) is 11.0 Å². The van der Waals surface area contributed by atoms with Gasteiger partial charge >= 0.3 is 0 Å². The van der Waals surface area contributed by atoms with Gasteiger partial charge in [-0.15, -0.1) is 0 Å². The third-order valence-corrected chi connectivity index (χ3v) is 5.54. The normalized spacial score (nSPS) is 15.0. The fourth-order valence-electron chi connectivity index (χ4n) is 3.39. The first-order chi connectivity index (χ1) is 15.0. The molecular formula is C23H22ClFN4O2. The maximum Gasteiger partial charge on any atom is 0.246 e. The van der Waals surface area contributed by atoms with Crippen molar-refractivity contribution in [3.63, 3.8) is 0 Å². The number of carbonyl (C=O) groups excluding carboxylic acids is 1. The molecular weight excluding hydrogens is 419 g/mol. The van der Waals surface area contributed by atoms with Crippen molar-refractivity contribution in [2.75, 3.05) is 26.2 Å². The van der Waals surface area contributed by atoms with Crippen molar-refractivity contribution in [3.8, 4) is 11.4 Å². The molecule has 0 radical (unpaired) electrons. The van der Waals surface area contributed by atoms with Crippen LogP contribution in [0.1, 0.15) is 17.0 Å². The van der Waals surface area contributed by atoms with Crippen LogP contribution < -0.4 is 0 Å². The van der Waals surface area contributed by atoms with E-state index in [0.29, 0.717) is 44.4 Å². The second-order valence-corrected chi connectivity index (χ2v) is 7.86. The SMILES string of the molecule is Cc1ccc(-c2noc(CN3CCN(C(=O)C=Cc4c(F)cccc4Cl)CC3)n2)cc1. The number of benzene rings is 2. The molecule has 1 aliphatic heterocycles. The Morgan fingerprint density at radius 2 is 1.90 bits per heavy atom. The number of amides is 1. The van der Waals surface area contributed by atoms with Gasteiger partial charge in [0.2, 0.25) is 17.6 Å². The quantitative estimate of drug-likeness (QED) is 0.556. The van der Waals surface area contributed by atoms with Crippen molar-refractivity contribution in [1.29, 1.82) is 0 Å². The standard InChI is InChI=1S/C23H22ClFN4O2/c1-16-5-7-17(8-6-16)23-26-21(31-27-23)15-28-11-13-29(14-12-28)22(30)10-9-18-19(24)3-2-4-20(18)25/h2-10H,11-15H2,1H3. The molecule has 0 spiro atoms. The van der Waals surface area contributed by atoms with Crippen molar-refractivity contribution in [1.82, 2.24) is 19.9 Å². The highest BCUT2D eigenvalue weighted by molar-refractivity contribution is 6.32. The third kappa shape index (κ3) is 5.18. The Labute approximate surface area is 184 Å². The van der Waals surface area contributed by atoms with E-state index in [1.807, 2.05) is 31.2 Å². The van der Waals surface area contributed by atoms with Crippen LogP contribution in [-0.4, -0.2) is 52.0 Å². The average molecular weight is 441 g/mol. The summed E-state index contributed by atoms with van der Waals surface area (Å²) in [6, 6.07) is 12.4. The molecule has 0 N–H and O–H groups in total. The first-order valence-electron chi connectivity index (χ1n) is 10.0. The van der Waals surface area contributed by atoms with Crippen LogP contribution in [0.5, 0.6) is 0 Å². The molecule has 0 atom stereocenters. The first-order valence-corrected chi connectivity index (χ1v) is 10.4. The fraction of sp³-hybridized carbons (Fsp3) is 0.261. The van der Waals surface area contributed by atoms with Gasteiger partial charge in [0, 0.05) is 43.4 Å². The summed E-state index contributed by atoms with van der Waals surface area (Å²) in [5, 5.41) is 4.34. The molecule has 0 saturated carbocycles. The molecule has 31 heavy (non-hydrogen) atoms. The van der Waals surface area contributed by atoms with Gasteiger partial charge in [0.05, 0.1) is 11.6 Å². The molecule has 8 heteroatoms. The number of nitrogens with zero attached hydrogens (tertiary/aromatic N) is 4. The number of hydrogen-bond acceptors (Lipinski definition) is 5. The van der Waals surface area contributed by atoms with Crippen LogP contribution in [-0.2, 0) is 11.3 Å². The highest BCUT2D eigenvalue weighted by atomic mass is 35.5. The molecule has 0 aliphatic carbocycles. The minimum absolute atomic E-state index is 0.168. The Bertz CT molecular complexity index is 1070. The van der Waals surface area contributed by atoms with Gasteiger partial charge in [0.25, 0.3) is 0 Å². The van der Waals surface area contributed by atoms with E-state index in [9.17, 15) is 9.18 Å². The van der Waals surface area contributed by atoms with Crippen LogP contribution in [0.15, 0.2) is 53.1 Å². The highest BCUT2D eigenvalue weighted by Crippen LogP contribution is 2.21. The average Bonchev–Trinajstić information content (AvgIpc) is 3.23. The molecule has 1 amide bonds. The van der Waals surface area contributed by atoms with Gasteiger partial charge in [0.15, 0.2) is 0 Å². The van der Waals surface area contributed by atoms with Crippen molar-refractivity contribution < 1.29 is 13.7 Å². The summed E-state index contributed by atoms with van der Waals surface area (Å²) in [6.45, 7) is 5.05. The largest absolute Gasteiger partial charge is 0.338 e. The topological polar surface area (TPSA) is 62.5 Å². The van der Waals surface area contributed by atoms with Gasteiger partial charge in [-0.2, -0.15) is 4.98 Å². The lowest BCUT2D eigenvalue weighted by molar-refractivity contribution is -0.127. The lowest BCUT2D eigenvalue weighted by Crippen LogP contribution is -2.47. The molecule has 1 aromatic heterocycles. The predicted octanol–water partition coefficient (Wildman–Crippen LogP) is 4.20. The van der Waals surface area contributed by atoms with E-state index in [-0.39, 0.29) is 16.5 Å². The second-order valence-electron chi connectivity index (χ2n) is 7.45. The minimum atomic E-state index is -0.453. The molecule has 4 rings (SSSR count). The summed E-state index contributed by atoms with van der Waals surface area (Å²) in [6.07, 6.45) is 2.79. The van der Waals surface area contributed by atoms with Gasteiger partial charge in [-0.05, 0) is 25.1 Å². The number of aromatic nitrogens is 2. The number of carbonyl (C=O) groups is 1. The summed E-state index contributed by atoms with van der Waals surface area (Å²) in [5.41, 5.74) is 2.31. The van der Waals surface area contributed by atoms with E-state index in [2.05, 4.69) is 15.0 Å². The molecule has 6 nitrogen and oxygen atoms in total. The molecule has 2 heterocycles. The van der Waals surface area contributed by atoms with Gasteiger partial charge in [-0.3, -0.25) is 9.69 Å². The van der Waals surface area contributed by atoms with Crippen LogP contribution in [0.3, 0.4) is 0 Å². The van der Waals surface area contributed by atoms with Crippen LogP contribution in [0.25, 0.3) is 17.5 Å². The molecule has 3 aromatic rings. The summed E-state index contributed by atoms with van der Waals surface area (Å²) in [4.78, 5) is 20.8. The van der Waals surface area contributed by atoms with Gasteiger partial charge < -0.3 is 9.42 Å². The second kappa shape index (κ2) is 9.41. The van der Waals surface area contributed by atoms with Crippen LogP contribution in [0, 0.1) is 12.7 Å². The zero-order valence-corrected chi connectivity index (χ0v) is 17.8. The Morgan fingerprint density at radius 1 is 1.16 bits per heavy atom. The number of rotatable bonds is 5. The number of aryl methyl sites for hydroxylation is 1. The molecule has 160 valence electrons. The molecule has 2 aromatic carbocycles. The minimum Gasteiger partial charge on any atom is -0.338 e. The molecule has 0 unspecified atom stereocenters. The number of piperazine rings is 1. The summed E-state index contributed by atoms with van der Waals surface area (Å²) in [5.74, 6) is 0.495. The van der Waals surface area contributed by atoms with Crippen LogP contribution in [0.2, 0.25) is 5.02 Å². The maximum atomic E-state index is 13.8. The lowest BCUT2D eigenvalue weighted by Gasteiger charge is -2.33. The molecule has 1 saturated heterocycles. The van der Waals surface area contributed by atoms with E-state index < -0.39 is 5.82 Å². The van der Waals surface area contributed by atoms with E-state index >= 15 is 0 Å².